The molecule has 3 aromatic heterocycles. The number of unbranched alkanes of at least 4 members (excludes halogenated alkanes) is 3. The van der Waals surface area contributed by atoms with Crippen LogP contribution in [0, 0.1) is 6.92 Å². The molecule has 103 heavy (non-hydrogen) atoms. The Hall–Kier alpha value is -8.98. The summed E-state index contributed by atoms with van der Waals surface area (Å²) in [5, 5.41) is 47.6. The Balaban J connectivity index is 0.672. The smallest absolute Gasteiger partial charge is 0.472 e. The van der Waals surface area contributed by atoms with Crippen LogP contribution in [0.3, 0.4) is 0 Å². The van der Waals surface area contributed by atoms with E-state index in [0.717, 1.165) is 32.1 Å². The molecule has 37 nitrogen and oxygen atoms in total. The molecule has 3 fully saturated rings. The fourth-order valence-corrected chi connectivity index (χ4v) is 13.2. The number of aliphatic hydroxyl groups excluding tert-OH is 2. The maximum atomic E-state index is 13.5. The van der Waals surface area contributed by atoms with Crippen LogP contribution in [0.25, 0.3) is 39.5 Å². The number of amides is 2. The molecule has 0 saturated carbocycles. The Morgan fingerprint density at radius 3 is 2.00 bits per heavy atom. The van der Waals surface area contributed by atoms with Crippen LogP contribution in [0.5, 0.6) is 5.75 Å². The van der Waals surface area contributed by atoms with Gasteiger partial charge in [0.1, 0.15) is 66.0 Å². The topological polar surface area (TPSA) is 524 Å². The Bertz CT molecular complexity index is 4690. The lowest BCUT2D eigenvalue weighted by molar-refractivity contribution is -0.116. The van der Waals surface area contributed by atoms with E-state index in [1.807, 2.05) is 0 Å². The first-order chi connectivity index (χ1) is 49.2. The average molecular weight is 1480 g/mol. The van der Waals surface area contributed by atoms with Crippen LogP contribution in [0.1, 0.15) is 95.5 Å². The third kappa shape index (κ3) is 20.3. The second-order valence-corrected chi connectivity index (χ2v) is 26.8. The number of carbonyl (C=O) groups excluding carboxylic acids is 2. The molecule has 3 saturated heterocycles. The zero-order valence-corrected chi connectivity index (χ0v) is 56.8. The van der Waals surface area contributed by atoms with E-state index >= 15 is 0 Å². The number of nitrogen functional groups attached to an aromatic ring is 1. The highest BCUT2D eigenvalue weighted by Gasteiger charge is 2.44. The molecule has 12 N–H and O–H groups in total. The summed E-state index contributed by atoms with van der Waals surface area (Å²) in [6.07, 6.45) is -2.38. The molecule has 10 rings (SSSR count). The monoisotopic (exact) mass is 1480 g/mol. The van der Waals surface area contributed by atoms with E-state index in [9.17, 15) is 82.5 Å². The quantitative estimate of drug-likeness (QED) is 0.0117. The van der Waals surface area contributed by atoms with Gasteiger partial charge in [-0.15, -0.1) is 0 Å². The molecular weight excluding hydrogens is 1400 g/mol. The summed E-state index contributed by atoms with van der Waals surface area (Å²) >= 11 is 0. The molecule has 4 aliphatic heterocycles. The van der Waals surface area contributed by atoms with E-state index in [2.05, 4.69) is 25.6 Å². The number of fused-ring (bicyclic) bond motifs is 2. The fourth-order valence-electron chi connectivity index (χ4n) is 11.5. The van der Waals surface area contributed by atoms with Crippen LogP contribution in [0.4, 0.5) is 5.82 Å². The number of phenolic OH excluding ortho intramolecular Hbond substituents is 1. The second kappa shape index (κ2) is 34.5. The Morgan fingerprint density at radius 2 is 1.30 bits per heavy atom. The predicted octanol–water partition coefficient (Wildman–Crippen LogP) is 1.91. The van der Waals surface area contributed by atoms with Crippen LogP contribution in [-0.4, -0.2) is 186 Å². The van der Waals surface area contributed by atoms with Gasteiger partial charge in [-0.1, -0.05) is 12.8 Å². The molecule has 5 aliphatic rings. The third-order valence-electron chi connectivity index (χ3n) is 16.6. The van der Waals surface area contributed by atoms with E-state index in [0.29, 0.717) is 42.2 Å². The molecule has 0 radical (unpaired) electrons. The van der Waals surface area contributed by atoms with Crippen molar-refractivity contribution in [1.82, 2.24) is 39.3 Å². The lowest BCUT2D eigenvalue weighted by atomic mass is 9.89. The van der Waals surface area contributed by atoms with E-state index in [-0.39, 0.29) is 122 Å². The summed E-state index contributed by atoms with van der Waals surface area (Å²) in [5.74, 6) is -2.31. The predicted molar refractivity (Wildman–Crippen MR) is 359 cm³/mol. The number of nitrogens with zero attached hydrogens (tertiary/aromatic N) is 4. The minimum atomic E-state index is -4.98. The van der Waals surface area contributed by atoms with Gasteiger partial charge in [-0.05, 0) is 79.9 Å². The van der Waals surface area contributed by atoms with Gasteiger partial charge in [-0.25, -0.2) is 28.3 Å². The number of phosphoric acid groups is 2. The van der Waals surface area contributed by atoms with Gasteiger partial charge >= 0.3 is 38.7 Å². The first kappa shape index (κ1) is 76.7. The number of benzene rings is 3. The van der Waals surface area contributed by atoms with E-state index < -0.39 is 143 Å². The zero-order valence-electron chi connectivity index (χ0n) is 55.0. The standard InChI is InChI=1S/C64H75N9O28P2/c1-35-30-72(63(85)69-58(35)79)55-28-44(76)49(98-55)32-93-33-51-48(101-103(89,90)95-23-21-92-19-18-91-20-22-94-102(87,88)96-34-50-45(77)27-54(99-50)71-17-14-52(65)68-62(71)84)29-56(100-51)73-31-37(60(81)70-64(73)86)7-13-53(78)66-15-4-2-3-5-16-67-59(80)36-6-10-40(61(82)83)43(24-36)57-41-11-8-38(74)25-46(41)97-47-26-39(75)9-12-42(47)57/h6-14,17,24-26,30-31,44-45,48-51,54-56,74,76-77H,2-5,15-16,18-23,27-29,32-34H2,1H3,(H,66,78)(H,67,80)(H,82,83)(H,87,88)(H,89,90)(H2,65,68,84)(H,69,79,85)(H,70,81,86)/b13-7+. The number of nitrogens with one attached hydrogen (secondary N) is 4. The Labute approximate surface area is 581 Å². The number of carboxylic acid groups (broad SMARTS) is 1. The molecule has 5 aromatic rings. The number of aromatic carboxylic acids is 1. The number of aliphatic hydroxyl groups is 2. The highest BCUT2D eigenvalue weighted by Crippen LogP contribution is 2.49. The molecule has 0 bridgehead atoms. The second-order valence-electron chi connectivity index (χ2n) is 24.0. The van der Waals surface area contributed by atoms with Gasteiger partial charge in [-0.2, -0.15) is 4.98 Å². The summed E-state index contributed by atoms with van der Waals surface area (Å²) in [5.41, 5.74) is 2.49. The van der Waals surface area contributed by atoms with Crippen LogP contribution < -0.4 is 50.0 Å². The summed E-state index contributed by atoms with van der Waals surface area (Å²) in [7, 11) is -9.64. The van der Waals surface area contributed by atoms with Crippen molar-refractivity contribution in [3.05, 3.63) is 170 Å². The molecule has 11 atom stereocenters. The number of aromatic amines is 2. The SMILES string of the molecule is Cc1cn(C2CC(O)C(COCC3OC(n4cc(/C=C/C(=O)NCCCCCCNC(=O)c5ccc(C(=O)O)c(-c6c7ccc(=O)cc-7oc7cc(O)ccc67)c5)c(=O)[nH]c4=O)CC3OP(=O)(O)OCCOCCOCCOP(=O)(O)OCC3OC(n4ccc(N)nc4=O)CC3O)O2)c(=O)[nH]c1=O. The zero-order chi connectivity index (χ0) is 73.7. The lowest BCUT2D eigenvalue weighted by Crippen LogP contribution is -2.34. The van der Waals surface area contributed by atoms with E-state index in [4.69, 9.17) is 56.7 Å². The maximum absolute atomic E-state index is 13.5. The first-order valence-electron chi connectivity index (χ1n) is 32.4. The van der Waals surface area contributed by atoms with Crippen LogP contribution in [-0.2, 0) is 60.4 Å². The molecule has 0 spiro atoms. The van der Waals surface area contributed by atoms with Gasteiger partial charge in [0.2, 0.25) is 5.91 Å². The molecule has 2 amide bonds. The molecule has 39 heteroatoms. The van der Waals surface area contributed by atoms with Crippen molar-refractivity contribution in [2.45, 2.75) is 107 Å². The highest BCUT2D eigenvalue weighted by molar-refractivity contribution is 7.47. The number of aromatic hydroxyl groups is 1. The number of hydrogen-bond acceptors (Lipinski definition) is 27. The average Bonchev–Trinajstić information content (AvgIpc) is 1.64. The minimum absolute atomic E-state index is 0.0107. The van der Waals surface area contributed by atoms with Gasteiger partial charge in [0.15, 0.2) is 5.43 Å². The van der Waals surface area contributed by atoms with Gasteiger partial charge in [0.25, 0.3) is 17.0 Å². The fraction of sp³-hybridized carbons (Fsp3) is 0.438. The normalized spacial score (nSPS) is 21.7. The Kier molecular flexibility index (Phi) is 25.7. The van der Waals surface area contributed by atoms with Crippen LogP contribution >= 0.6 is 15.6 Å². The van der Waals surface area contributed by atoms with Gasteiger partial charge < -0.3 is 79.4 Å². The van der Waals surface area contributed by atoms with Crippen LogP contribution in [0.15, 0.2) is 119 Å². The summed E-state index contributed by atoms with van der Waals surface area (Å²) in [4.78, 5) is 143. The van der Waals surface area contributed by atoms with Crippen LogP contribution in [0.2, 0.25) is 0 Å². The minimum Gasteiger partial charge on any atom is -0.508 e. The number of nitrogens with two attached hydrogens (primary N) is 1. The Morgan fingerprint density at radius 1 is 0.680 bits per heavy atom. The molecule has 1 aliphatic carbocycles. The van der Waals surface area contributed by atoms with E-state index in [1.54, 1.807) is 6.07 Å². The maximum Gasteiger partial charge on any atom is 0.472 e. The van der Waals surface area contributed by atoms with Crippen molar-refractivity contribution in [3.8, 4) is 28.2 Å². The summed E-state index contributed by atoms with van der Waals surface area (Å²) < 4.78 is 89.9. The number of aromatic nitrogens is 6. The number of rotatable bonds is 35. The molecule has 2 aromatic carbocycles. The number of phosphoric ester groups is 2. The number of aryl methyl sites for hydroxylation is 1. The van der Waals surface area contributed by atoms with Gasteiger partial charge in [0.05, 0.1) is 82.8 Å². The number of carbonyl (C=O) groups is 3. The number of H-pyrrole nitrogens is 2. The molecule has 7 heterocycles. The van der Waals surface area contributed by atoms with Crippen molar-refractivity contribution in [2.24, 2.45) is 0 Å². The first-order valence-corrected chi connectivity index (χ1v) is 35.4. The summed E-state index contributed by atoms with van der Waals surface area (Å²) in [6, 6.07) is 13.9. The van der Waals surface area contributed by atoms with E-state index in [1.165, 1.54) is 73.9 Å². The van der Waals surface area contributed by atoms with Crippen molar-refractivity contribution in [3.63, 3.8) is 0 Å². The van der Waals surface area contributed by atoms with Crippen molar-refractivity contribution in [1.29, 1.82) is 0 Å². The largest absolute Gasteiger partial charge is 0.508 e. The number of carboxylic acids is 1. The summed E-state index contributed by atoms with van der Waals surface area (Å²) in [6.45, 7) is -0.872. The van der Waals surface area contributed by atoms with Gasteiger partial charge in [-0.3, -0.25) is 65.7 Å². The number of anilines is 1. The van der Waals surface area contributed by atoms with Crippen molar-refractivity contribution >= 4 is 56.3 Å². The third-order valence-corrected chi connectivity index (χ3v) is 18.7. The van der Waals surface area contributed by atoms with Gasteiger partial charge in [0, 0.05) is 96.8 Å². The number of ether oxygens (including phenoxy) is 6. The molecule has 554 valence electrons. The molecule has 11 unspecified atom stereocenters. The number of hydrogen-bond donors (Lipinski definition) is 11. The lowest BCUT2D eigenvalue weighted by Gasteiger charge is -2.22. The number of phenols is 1. The van der Waals surface area contributed by atoms with Crippen molar-refractivity contribution in [2.75, 3.05) is 78.3 Å². The van der Waals surface area contributed by atoms with Crippen molar-refractivity contribution < 1.29 is 105 Å². The molecular formula is C64H75N9O28P2. The highest BCUT2D eigenvalue weighted by atomic mass is 31.2.